The topological polar surface area (TPSA) is 0 Å². The summed E-state index contributed by atoms with van der Waals surface area (Å²) in [4.78, 5) is 0. The molecule has 0 spiro atoms. The highest BCUT2D eigenvalue weighted by Gasteiger charge is 2.22. The lowest BCUT2D eigenvalue weighted by Gasteiger charge is -2.25. The van der Waals surface area contributed by atoms with Gasteiger partial charge in [-0.15, -0.1) is 11.8 Å². The third-order valence-electron chi connectivity index (χ3n) is 3.59. The molecule has 0 heterocycles. The molecular weight excluding hydrogens is 407 g/mol. The van der Waals surface area contributed by atoms with Crippen LogP contribution < -0.4 is 0 Å². The number of alkyl halides is 1. The zero-order valence-corrected chi connectivity index (χ0v) is 17.2. The summed E-state index contributed by atoms with van der Waals surface area (Å²) in [5.41, 5.74) is 1.35. The minimum Gasteiger partial charge on any atom is -0.108 e. The molecule has 0 amide bonds. The zero-order chi connectivity index (χ0) is 15.7. The number of thioether (sulfide) groups is 1. The van der Waals surface area contributed by atoms with E-state index >= 15 is 0 Å². The number of halogens is 1. The van der Waals surface area contributed by atoms with Crippen LogP contribution in [0.25, 0.3) is 0 Å². The van der Waals surface area contributed by atoms with E-state index in [1.54, 1.807) is 0 Å². The van der Waals surface area contributed by atoms with Crippen molar-refractivity contribution in [2.45, 2.75) is 68.0 Å². The lowest BCUT2D eigenvalue weighted by molar-refractivity contribution is 0.646. The normalized spacial score (nSPS) is 13.1. The monoisotopic (exact) mass is 434 g/mol. The predicted octanol–water partition coefficient (Wildman–Crippen LogP) is 7.15. The van der Waals surface area contributed by atoms with Crippen LogP contribution in [0.1, 0.15) is 64.9 Å². The fourth-order valence-corrected chi connectivity index (χ4v) is 5.23. The van der Waals surface area contributed by atoms with Crippen molar-refractivity contribution >= 4 is 50.8 Å². The Hall–Kier alpha value is 0.390. The Morgan fingerprint density at radius 3 is 2.48 bits per heavy atom. The summed E-state index contributed by atoms with van der Waals surface area (Å²) in [6.45, 7) is 6.80. The summed E-state index contributed by atoms with van der Waals surface area (Å²) in [7, 11) is 0. The van der Waals surface area contributed by atoms with Crippen molar-refractivity contribution in [3.05, 3.63) is 35.9 Å². The summed E-state index contributed by atoms with van der Waals surface area (Å²) in [6.07, 6.45) is 7.60. The molecule has 0 saturated heterocycles. The van der Waals surface area contributed by atoms with E-state index in [-0.39, 0.29) is 4.75 Å². The molecule has 0 nitrogen and oxygen atoms in total. The van der Waals surface area contributed by atoms with E-state index in [4.69, 9.17) is 12.2 Å². The molecule has 0 fully saturated rings. The molecule has 3 heteroatoms. The minimum absolute atomic E-state index is 0.0757. The third-order valence-corrected chi connectivity index (χ3v) is 6.47. The largest absolute Gasteiger partial charge is 0.108 e. The van der Waals surface area contributed by atoms with Crippen molar-refractivity contribution in [3.8, 4) is 0 Å². The molecule has 0 aromatic heterocycles. The second-order valence-electron chi connectivity index (χ2n) is 5.98. The Morgan fingerprint density at radius 2 is 1.86 bits per heavy atom. The third kappa shape index (κ3) is 7.98. The molecule has 0 bridgehead atoms. The van der Waals surface area contributed by atoms with Crippen molar-refractivity contribution in [2.75, 3.05) is 0 Å². The Morgan fingerprint density at radius 1 is 1.19 bits per heavy atom. The van der Waals surface area contributed by atoms with Gasteiger partial charge in [-0.1, -0.05) is 84.9 Å². The number of hydrogen-bond donors (Lipinski definition) is 0. The molecule has 0 radical (unpaired) electrons. The van der Waals surface area contributed by atoms with Gasteiger partial charge >= 0.3 is 0 Å². The van der Waals surface area contributed by atoms with Crippen molar-refractivity contribution in [1.29, 1.82) is 0 Å². The first kappa shape index (κ1) is 19.4. The van der Waals surface area contributed by atoms with Crippen LogP contribution in [0.2, 0.25) is 0 Å². The highest BCUT2D eigenvalue weighted by molar-refractivity contribution is 14.1. The Kier molecular flexibility index (Phi) is 9.46. The smallest absolute Gasteiger partial charge is 0.0486 e. The van der Waals surface area contributed by atoms with Crippen LogP contribution in [0.4, 0.5) is 0 Å². The average Bonchev–Trinajstić information content (AvgIpc) is 2.44. The molecule has 1 aromatic carbocycles. The summed E-state index contributed by atoms with van der Waals surface area (Å²) < 4.78 is 2.07. The molecular formula is C18H27IS2. The van der Waals surface area contributed by atoms with Crippen molar-refractivity contribution < 1.29 is 0 Å². The second-order valence-corrected chi connectivity index (χ2v) is 10.2. The number of rotatable bonds is 9. The first-order valence-corrected chi connectivity index (χ1v) is 10.3. The fraction of sp³-hybridized carbons (Fsp3) is 0.611. The van der Waals surface area contributed by atoms with Gasteiger partial charge in [0.15, 0.2) is 0 Å². The molecule has 21 heavy (non-hydrogen) atoms. The molecule has 0 aliphatic carbocycles. The van der Waals surface area contributed by atoms with Gasteiger partial charge in [0.05, 0.1) is 0 Å². The van der Waals surface area contributed by atoms with Gasteiger partial charge in [-0.05, 0) is 45.1 Å². The van der Waals surface area contributed by atoms with Crippen LogP contribution in [0.3, 0.4) is 0 Å². The van der Waals surface area contributed by atoms with Crippen molar-refractivity contribution in [2.24, 2.45) is 0 Å². The summed E-state index contributed by atoms with van der Waals surface area (Å²) >= 11 is 10.0. The van der Waals surface area contributed by atoms with Crippen LogP contribution in [-0.4, -0.2) is 8.12 Å². The first-order chi connectivity index (χ1) is 9.95. The van der Waals surface area contributed by atoms with Gasteiger partial charge in [-0.25, -0.2) is 0 Å². The summed E-state index contributed by atoms with van der Waals surface area (Å²) in [5, 5.41) is 0. The lowest BCUT2D eigenvalue weighted by atomic mass is 10.0. The van der Waals surface area contributed by atoms with Crippen molar-refractivity contribution in [3.63, 3.8) is 0 Å². The zero-order valence-electron chi connectivity index (χ0n) is 13.4. The van der Waals surface area contributed by atoms with Crippen LogP contribution in [0, 0.1) is 0 Å². The lowest BCUT2D eigenvalue weighted by Crippen LogP contribution is -2.14. The van der Waals surface area contributed by atoms with Crippen LogP contribution in [0.15, 0.2) is 30.3 Å². The van der Waals surface area contributed by atoms with Gasteiger partial charge in [0.25, 0.3) is 0 Å². The number of benzene rings is 1. The highest BCUT2D eigenvalue weighted by atomic mass is 127. The van der Waals surface area contributed by atoms with E-state index in [1.807, 2.05) is 11.8 Å². The van der Waals surface area contributed by atoms with Gasteiger partial charge in [-0.3, -0.25) is 0 Å². The van der Waals surface area contributed by atoms with E-state index in [2.05, 4.69) is 73.7 Å². The van der Waals surface area contributed by atoms with E-state index in [9.17, 15) is 0 Å². The number of thiocarbonyl (C=S) groups is 1. The van der Waals surface area contributed by atoms with E-state index in [1.165, 1.54) is 37.7 Å². The SMILES string of the molecule is CCC[C@@H](I)CCCCC(=S)SC(C)(C)c1ccccc1. The van der Waals surface area contributed by atoms with E-state index < -0.39 is 0 Å². The maximum absolute atomic E-state index is 5.59. The number of hydrogen-bond acceptors (Lipinski definition) is 2. The van der Waals surface area contributed by atoms with E-state index in [0.29, 0.717) is 0 Å². The maximum Gasteiger partial charge on any atom is 0.0486 e. The van der Waals surface area contributed by atoms with Gasteiger partial charge in [0.1, 0.15) is 0 Å². The molecule has 0 N–H and O–H groups in total. The standard InChI is InChI=1S/C18H27IS2/c1-4-10-16(19)13-8-9-14-17(20)21-18(2,3)15-11-6-5-7-12-15/h5-7,11-12,16H,4,8-10,13-14H2,1-3H3/t16-/m1/s1. The molecule has 0 saturated carbocycles. The second kappa shape index (κ2) is 10.2. The average molecular weight is 434 g/mol. The fourth-order valence-electron chi connectivity index (χ4n) is 2.33. The van der Waals surface area contributed by atoms with Gasteiger partial charge in [0, 0.05) is 12.9 Å². The molecule has 1 atom stereocenters. The molecule has 118 valence electrons. The van der Waals surface area contributed by atoms with Crippen LogP contribution in [-0.2, 0) is 4.75 Å². The molecule has 0 aliphatic heterocycles. The number of unbranched alkanes of at least 4 members (excludes halogenated alkanes) is 1. The van der Waals surface area contributed by atoms with Crippen LogP contribution in [0.5, 0.6) is 0 Å². The molecule has 1 rings (SSSR count). The summed E-state index contributed by atoms with van der Waals surface area (Å²) in [5.74, 6) is 0. The predicted molar refractivity (Wildman–Crippen MR) is 111 cm³/mol. The Balaban J connectivity index is 2.30. The van der Waals surface area contributed by atoms with Gasteiger partial charge in [0.2, 0.25) is 0 Å². The van der Waals surface area contributed by atoms with E-state index in [0.717, 1.165) is 14.5 Å². The summed E-state index contributed by atoms with van der Waals surface area (Å²) in [6, 6.07) is 10.7. The van der Waals surface area contributed by atoms with Gasteiger partial charge in [-0.2, -0.15) is 0 Å². The molecule has 1 aromatic rings. The Labute approximate surface area is 154 Å². The Bertz CT molecular complexity index is 414. The molecule has 0 unspecified atom stereocenters. The molecule has 0 aliphatic rings. The first-order valence-electron chi connectivity index (χ1n) is 7.87. The minimum atomic E-state index is 0.0757. The van der Waals surface area contributed by atoms with Crippen LogP contribution >= 0.6 is 46.6 Å². The maximum atomic E-state index is 5.59. The quantitative estimate of drug-likeness (QED) is 0.175. The van der Waals surface area contributed by atoms with Gasteiger partial charge < -0.3 is 0 Å². The highest BCUT2D eigenvalue weighted by Crippen LogP contribution is 2.37. The van der Waals surface area contributed by atoms with Crippen molar-refractivity contribution in [1.82, 2.24) is 0 Å².